The third kappa shape index (κ3) is 2.53. The molecule has 1 unspecified atom stereocenters. The molecule has 21 heavy (non-hydrogen) atoms. The van der Waals surface area contributed by atoms with E-state index in [-0.39, 0.29) is 5.97 Å². The molecule has 1 fully saturated rings. The van der Waals surface area contributed by atoms with Crippen LogP contribution in [-0.2, 0) is 4.74 Å². The number of pyridine rings is 1. The lowest BCUT2D eigenvalue weighted by Crippen LogP contribution is -2.34. The molecule has 1 aliphatic rings. The van der Waals surface area contributed by atoms with E-state index in [4.69, 9.17) is 4.74 Å². The van der Waals surface area contributed by atoms with Crippen molar-refractivity contribution in [1.29, 1.82) is 0 Å². The number of methoxy groups -OCH3 is 1. The summed E-state index contributed by atoms with van der Waals surface area (Å²) in [5.41, 5.74) is 1.40. The van der Waals surface area contributed by atoms with E-state index in [1.54, 1.807) is 12.3 Å². The summed E-state index contributed by atoms with van der Waals surface area (Å²) >= 11 is 0. The molecule has 3 rings (SSSR count). The SMILES string of the molecule is CCN1CCCC(c2ncc3c(C(=O)OC)cccn23)C1. The fourth-order valence-corrected chi connectivity index (χ4v) is 3.18. The van der Waals surface area contributed by atoms with Gasteiger partial charge >= 0.3 is 5.97 Å². The van der Waals surface area contributed by atoms with Crippen LogP contribution in [0.5, 0.6) is 0 Å². The number of piperidine rings is 1. The van der Waals surface area contributed by atoms with Crippen LogP contribution in [0.1, 0.15) is 41.9 Å². The minimum absolute atomic E-state index is 0.314. The Kier molecular flexibility index (Phi) is 3.92. The Bertz CT molecular complexity index is 650. The molecular formula is C16H21N3O2. The number of aromatic nitrogens is 2. The van der Waals surface area contributed by atoms with Gasteiger partial charge < -0.3 is 14.0 Å². The van der Waals surface area contributed by atoms with Gasteiger partial charge in [-0.15, -0.1) is 0 Å². The summed E-state index contributed by atoms with van der Waals surface area (Å²) in [6, 6.07) is 3.66. The molecule has 5 nitrogen and oxygen atoms in total. The van der Waals surface area contributed by atoms with Crippen LogP contribution < -0.4 is 0 Å². The van der Waals surface area contributed by atoms with Gasteiger partial charge in [-0.2, -0.15) is 0 Å². The number of nitrogens with zero attached hydrogens (tertiary/aromatic N) is 3. The molecule has 5 heteroatoms. The molecule has 0 radical (unpaired) electrons. The third-order valence-electron chi connectivity index (χ3n) is 4.32. The second-order valence-electron chi connectivity index (χ2n) is 5.52. The van der Waals surface area contributed by atoms with E-state index in [0.717, 1.165) is 30.9 Å². The predicted octanol–water partition coefficient (Wildman–Crippen LogP) is 2.32. The van der Waals surface area contributed by atoms with Gasteiger partial charge in [0.2, 0.25) is 0 Å². The first-order valence-corrected chi connectivity index (χ1v) is 7.51. The number of carbonyl (C=O) groups is 1. The molecular weight excluding hydrogens is 266 g/mol. The minimum Gasteiger partial charge on any atom is -0.465 e. The fourth-order valence-electron chi connectivity index (χ4n) is 3.18. The molecule has 0 aliphatic carbocycles. The number of imidazole rings is 1. The molecule has 0 saturated carbocycles. The van der Waals surface area contributed by atoms with Gasteiger partial charge in [-0.3, -0.25) is 0 Å². The molecule has 2 aromatic heterocycles. The van der Waals surface area contributed by atoms with E-state index in [9.17, 15) is 4.79 Å². The summed E-state index contributed by atoms with van der Waals surface area (Å²) in [6.45, 7) is 5.48. The smallest absolute Gasteiger partial charge is 0.340 e. The van der Waals surface area contributed by atoms with E-state index in [2.05, 4.69) is 16.8 Å². The van der Waals surface area contributed by atoms with Crippen molar-refractivity contribution in [3.8, 4) is 0 Å². The number of rotatable bonds is 3. The van der Waals surface area contributed by atoms with Gasteiger partial charge in [-0.25, -0.2) is 9.78 Å². The van der Waals surface area contributed by atoms with E-state index < -0.39 is 0 Å². The normalized spacial score (nSPS) is 19.8. The average Bonchev–Trinajstić information content (AvgIpc) is 2.98. The van der Waals surface area contributed by atoms with Crippen LogP contribution in [0.3, 0.4) is 0 Å². The largest absolute Gasteiger partial charge is 0.465 e. The number of fused-ring (bicyclic) bond motifs is 1. The zero-order chi connectivity index (χ0) is 14.8. The number of hydrogen-bond donors (Lipinski definition) is 0. The molecule has 2 aromatic rings. The van der Waals surface area contributed by atoms with Crippen molar-refractivity contribution in [2.75, 3.05) is 26.7 Å². The van der Waals surface area contributed by atoms with Crippen molar-refractivity contribution in [3.05, 3.63) is 35.9 Å². The van der Waals surface area contributed by atoms with Gasteiger partial charge in [-0.1, -0.05) is 6.92 Å². The monoisotopic (exact) mass is 287 g/mol. The van der Waals surface area contributed by atoms with E-state index in [0.29, 0.717) is 11.5 Å². The van der Waals surface area contributed by atoms with Crippen LogP contribution in [0.4, 0.5) is 0 Å². The van der Waals surface area contributed by atoms with Crippen molar-refractivity contribution in [3.63, 3.8) is 0 Å². The predicted molar refractivity (Wildman–Crippen MR) is 80.6 cm³/mol. The molecule has 0 spiro atoms. The number of carbonyl (C=O) groups excluding carboxylic acids is 1. The molecule has 0 N–H and O–H groups in total. The maximum atomic E-state index is 11.8. The van der Waals surface area contributed by atoms with Gasteiger partial charge in [0, 0.05) is 18.7 Å². The van der Waals surface area contributed by atoms with Gasteiger partial charge in [0.1, 0.15) is 5.82 Å². The molecule has 3 heterocycles. The summed E-state index contributed by atoms with van der Waals surface area (Å²) < 4.78 is 6.88. The topological polar surface area (TPSA) is 46.8 Å². The average molecular weight is 287 g/mol. The molecule has 0 bridgehead atoms. The van der Waals surface area contributed by atoms with Gasteiger partial charge in [-0.05, 0) is 38.1 Å². The van der Waals surface area contributed by atoms with Gasteiger partial charge in [0.25, 0.3) is 0 Å². The van der Waals surface area contributed by atoms with Crippen molar-refractivity contribution >= 4 is 11.5 Å². The fraction of sp³-hybridized carbons (Fsp3) is 0.500. The van der Waals surface area contributed by atoms with Crippen LogP contribution in [0.25, 0.3) is 5.52 Å². The Balaban J connectivity index is 1.99. The standard InChI is InChI=1S/C16H21N3O2/c1-3-18-8-4-6-12(11-18)15-17-10-14-13(16(20)21-2)7-5-9-19(14)15/h5,7,9-10,12H,3-4,6,8,11H2,1-2H3. The summed E-state index contributed by atoms with van der Waals surface area (Å²) in [6.07, 6.45) is 6.11. The van der Waals surface area contributed by atoms with E-state index in [1.807, 2.05) is 16.7 Å². The molecule has 0 aromatic carbocycles. The lowest BCUT2D eigenvalue weighted by atomic mass is 9.97. The molecule has 1 aliphatic heterocycles. The molecule has 1 atom stereocenters. The maximum Gasteiger partial charge on any atom is 0.340 e. The highest BCUT2D eigenvalue weighted by molar-refractivity contribution is 5.96. The molecule has 1 saturated heterocycles. The zero-order valence-electron chi connectivity index (χ0n) is 12.6. The summed E-state index contributed by atoms with van der Waals surface area (Å²) in [5.74, 6) is 1.16. The second kappa shape index (κ2) is 5.85. The van der Waals surface area contributed by atoms with E-state index >= 15 is 0 Å². The number of likely N-dealkylation sites (tertiary alicyclic amines) is 1. The molecule has 0 amide bonds. The lowest BCUT2D eigenvalue weighted by molar-refractivity contribution is 0.0602. The minimum atomic E-state index is -0.314. The number of esters is 1. The van der Waals surface area contributed by atoms with Gasteiger partial charge in [0.05, 0.1) is 24.4 Å². The highest BCUT2D eigenvalue weighted by Gasteiger charge is 2.24. The Hall–Kier alpha value is -1.88. The Morgan fingerprint density at radius 3 is 3.14 bits per heavy atom. The quantitative estimate of drug-likeness (QED) is 0.813. The highest BCUT2D eigenvalue weighted by Crippen LogP contribution is 2.27. The Morgan fingerprint density at radius 2 is 2.38 bits per heavy atom. The summed E-state index contributed by atoms with van der Waals surface area (Å²) in [5, 5.41) is 0. The van der Waals surface area contributed by atoms with Crippen molar-refractivity contribution in [1.82, 2.24) is 14.3 Å². The Morgan fingerprint density at radius 1 is 1.52 bits per heavy atom. The first-order valence-electron chi connectivity index (χ1n) is 7.51. The van der Waals surface area contributed by atoms with Gasteiger partial charge in [0.15, 0.2) is 0 Å². The number of likely N-dealkylation sites (N-methyl/N-ethyl adjacent to an activating group) is 1. The number of hydrogen-bond acceptors (Lipinski definition) is 4. The second-order valence-corrected chi connectivity index (χ2v) is 5.52. The molecule has 112 valence electrons. The van der Waals surface area contributed by atoms with Crippen LogP contribution >= 0.6 is 0 Å². The lowest BCUT2D eigenvalue weighted by Gasteiger charge is -2.31. The first-order chi connectivity index (χ1) is 10.2. The maximum absolute atomic E-state index is 11.8. The first kappa shape index (κ1) is 14.1. The zero-order valence-corrected chi connectivity index (χ0v) is 12.6. The van der Waals surface area contributed by atoms with Crippen LogP contribution in [0.2, 0.25) is 0 Å². The van der Waals surface area contributed by atoms with Crippen LogP contribution in [0.15, 0.2) is 24.5 Å². The Labute approximate surface area is 124 Å². The van der Waals surface area contributed by atoms with Crippen LogP contribution in [-0.4, -0.2) is 47.0 Å². The third-order valence-corrected chi connectivity index (χ3v) is 4.32. The summed E-state index contributed by atoms with van der Waals surface area (Å²) in [4.78, 5) is 18.9. The van der Waals surface area contributed by atoms with E-state index in [1.165, 1.54) is 20.1 Å². The van der Waals surface area contributed by atoms with Crippen molar-refractivity contribution < 1.29 is 9.53 Å². The van der Waals surface area contributed by atoms with Crippen LogP contribution in [0, 0.1) is 0 Å². The van der Waals surface area contributed by atoms with Crippen molar-refractivity contribution in [2.45, 2.75) is 25.7 Å². The van der Waals surface area contributed by atoms with Crippen molar-refractivity contribution in [2.24, 2.45) is 0 Å². The highest BCUT2D eigenvalue weighted by atomic mass is 16.5. The summed E-state index contributed by atoms with van der Waals surface area (Å²) in [7, 11) is 1.41. The number of ether oxygens (including phenoxy) is 1.